The van der Waals surface area contributed by atoms with Crippen molar-refractivity contribution >= 4 is 11.9 Å². The molecule has 1 N–H and O–H groups in total. The highest BCUT2D eigenvalue weighted by atomic mass is 16.6. The van der Waals surface area contributed by atoms with E-state index in [9.17, 15) is 9.59 Å². The summed E-state index contributed by atoms with van der Waals surface area (Å²) in [7, 11) is 0. The molecule has 0 fully saturated rings. The van der Waals surface area contributed by atoms with Crippen LogP contribution >= 0.6 is 0 Å². The van der Waals surface area contributed by atoms with Crippen LogP contribution in [-0.4, -0.2) is 29.8 Å². The highest BCUT2D eigenvalue weighted by molar-refractivity contribution is 5.86. The summed E-state index contributed by atoms with van der Waals surface area (Å²) in [4.78, 5) is 22.0. The number of hydrogen-bond donors (Lipinski definition) is 1. The average Bonchev–Trinajstić information content (AvgIpc) is 2.45. The van der Waals surface area contributed by atoms with Crippen LogP contribution in [0.5, 0.6) is 5.75 Å². The molecule has 5 nitrogen and oxygen atoms in total. The normalized spacial score (nSPS) is 11.2. The first kappa shape index (κ1) is 15.5. The fourth-order valence-electron chi connectivity index (χ4n) is 1.42. The van der Waals surface area contributed by atoms with Crippen molar-refractivity contribution in [2.45, 2.75) is 12.5 Å². The van der Waals surface area contributed by atoms with Crippen LogP contribution in [0.25, 0.3) is 0 Å². The third-order valence-electron chi connectivity index (χ3n) is 2.41. The van der Waals surface area contributed by atoms with Gasteiger partial charge in [0.25, 0.3) is 0 Å². The van der Waals surface area contributed by atoms with Crippen molar-refractivity contribution in [1.29, 1.82) is 0 Å². The summed E-state index contributed by atoms with van der Waals surface area (Å²) in [5.74, 6) is -1.16. The Balaban J connectivity index is 2.62. The zero-order valence-corrected chi connectivity index (χ0v) is 11.0. The van der Waals surface area contributed by atoms with Crippen LogP contribution in [0.1, 0.15) is 6.42 Å². The van der Waals surface area contributed by atoms with E-state index in [1.807, 2.05) is 6.07 Å². The van der Waals surface area contributed by atoms with E-state index in [2.05, 4.69) is 13.2 Å². The van der Waals surface area contributed by atoms with E-state index in [4.69, 9.17) is 14.6 Å². The van der Waals surface area contributed by atoms with E-state index >= 15 is 0 Å². The standard InChI is InChI=1S/C15H16O5/c1-3-14(16)20-13(9-11(2)15(17)18)10-19-12-7-5-4-6-8-12/h3-8,13H,1-2,9-10H2,(H,17,18). The van der Waals surface area contributed by atoms with Gasteiger partial charge in [-0.25, -0.2) is 9.59 Å². The number of ether oxygens (including phenoxy) is 2. The molecule has 106 valence electrons. The number of carboxylic acids is 1. The molecule has 0 aliphatic heterocycles. The van der Waals surface area contributed by atoms with Crippen molar-refractivity contribution in [3.8, 4) is 5.75 Å². The predicted octanol–water partition coefficient (Wildman–Crippen LogP) is 2.19. The molecule has 1 aromatic rings. The summed E-state index contributed by atoms with van der Waals surface area (Å²) in [6.45, 7) is 6.74. The van der Waals surface area contributed by atoms with Gasteiger partial charge in [-0.2, -0.15) is 0 Å². The summed E-state index contributed by atoms with van der Waals surface area (Å²) in [6, 6.07) is 8.94. The van der Waals surface area contributed by atoms with Crippen LogP contribution in [0, 0.1) is 0 Å². The van der Waals surface area contributed by atoms with Gasteiger partial charge >= 0.3 is 11.9 Å². The molecule has 0 heterocycles. The van der Waals surface area contributed by atoms with Crippen molar-refractivity contribution < 1.29 is 24.2 Å². The summed E-state index contributed by atoms with van der Waals surface area (Å²) in [6.07, 6.45) is 0.269. The smallest absolute Gasteiger partial charge is 0.331 e. The Bertz CT molecular complexity index is 492. The van der Waals surface area contributed by atoms with Crippen molar-refractivity contribution in [3.63, 3.8) is 0 Å². The van der Waals surface area contributed by atoms with Crippen LogP contribution in [0.15, 0.2) is 55.1 Å². The Morgan fingerprint density at radius 2 is 1.95 bits per heavy atom. The molecule has 0 saturated carbocycles. The summed E-state index contributed by atoms with van der Waals surface area (Å²) in [5, 5.41) is 8.81. The Kier molecular flexibility index (Phi) is 6.03. The molecule has 0 bridgehead atoms. The fraction of sp³-hybridized carbons (Fsp3) is 0.200. The van der Waals surface area contributed by atoms with E-state index < -0.39 is 18.0 Å². The van der Waals surface area contributed by atoms with Gasteiger partial charge in [-0.1, -0.05) is 31.4 Å². The van der Waals surface area contributed by atoms with Crippen LogP contribution in [0.4, 0.5) is 0 Å². The largest absolute Gasteiger partial charge is 0.490 e. The van der Waals surface area contributed by atoms with Gasteiger partial charge in [0, 0.05) is 18.1 Å². The van der Waals surface area contributed by atoms with Gasteiger partial charge < -0.3 is 14.6 Å². The number of aliphatic carboxylic acids is 1. The minimum absolute atomic E-state index is 0.0122. The molecule has 0 amide bonds. The summed E-state index contributed by atoms with van der Waals surface area (Å²) >= 11 is 0. The van der Waals surface area contributed by atoms with Gasteiger partial charge in [0.15, 0.2) is 0 Å². The number of carbonyl (C=O) groups is 2. The van der Waals surface area contributed by atoms with Crippen LogP contribution in [0.3, 0.4) is 0 Å². The molecule has 0 saturated heterocycles. The van der Waals surface area contributed by atoms with Gasteiger partial charge in [-0.05, 0) is 12.1 Å². The molecule has 0 aliphatic rings. The molecule has 20 heavy (non-hydrogen) atoms. The highest BCUT2D eigenvalue weighted by Crippen LogP contribution is 2.13. The molecular weight excluding hydrogens is 260 g/mol. The van der Waals surface area contributed by atoms with Gasteiger partial charge in [0.2, 0.25) is 0 Å². The Hall–Kier alpha value is -2.56. The first-order valence-corrected chi connectivity index (χ1v) is 5.95. The minimum Gasteiger partial charge on any atom is -0.490 e. The zero-order valence-electron chi connectivity index (χ0n) is 11.0. The third kappa shape index (κ3) is 5.39. The predicted molar refractivity (Wildman–Crippen MR) is 73.4 cm³/mol. The van der Waals surface area contributed by atoms with Gasteiger partial charge in [-0.3, -0.25) is 0 Å². The molecule has 5 heteroatoms. The maximum absolute atomic E-state index is 11.2. The van der Waals surface area contributed by atoms with Crippen molar-refractivity contribution in [2.75, 3.05) is 6.61 Å². The molecule has 0 spiro atoms. The number of para-hydroxylation sites is 1. The lowest BCUT2D eigenvalue weighted by Crippen LogP contribution is -2.26. The van der Waals surface area contributed by atoms with E-state index in [0.29, 0.717) is 5.75 Å². The molecule has 1 unspecified atom stereocenters. The van der Waals surface area contributed by atoms with Crippen molar-refractivity contribution in [1.82, 2.24) is 0 Å². The van der Waals surface area contributed by atoms with E-state index in [1.54, 1.807) is 24.3 Å². The lowest BCUT2D eigenvalue weighted by Gasteiger charge is -2.17. The van der Waals surface area contributed by atoms with Crippen LogP contribution in [0.2, 0.25) is 0 Å². The summed E-state index contributed by atoms with van der Waals surface area (Å²) < 4.78 is 10.5. The Labute approximate surface area is 117 Å². The monoisotopic (exact) mass is 276 g/mol. The first-order chi connectivity index (χ1) is 9.52. The molecular formula is C15H16O5. The maximum atomic E-state index is 11.2. The van der Waals surface area contributed by atoms with Crippen molar-refractivity contribution in [2.24, 2.45) is 0 Å². The summed E-state index contributed by atoms with van der Waals surface area (Å²) in [5.41, 5.74) is -0.0523. The lowest BCUT2D eigenvalue weighted by atomic mass is 10.1. The topological polar surface area (TPSA) is 72.8 Å². The highest BCUT2D eigenvalue weighted by Gasteiger charge is 2.18. The molecule has 0 aromatic heterocycles. The molecule has 0 aliphatic carbocycles. The van der Waals surface area contributed by atoms with Gasteiger partial charge in [0.05, 0.1) is 0 Å². The Morgan fingerprint density at radius 3 is 2.50 bits per heavy atom. The van der Waals surface area contributed by atoms with Gasteiger partial charge in [-0.15, -0.1) is 0 Å². The number of carbonyl (C=O) groups excluding carboxylic acids is 1. The second-order valence-corrected chi connectivity index (χ2v) is 4.00. The van der Waals surface area contributed by atoms with Crippen LogP contribution in [-0.2, 0) is 14.3 Å². The number of benzene rings is 1. The number of hydrogen-bond acceptors (Lipinski definition) is 4. The Morgan fingerprint density at radius 1 is 1.30 bits per heavy atom. The van der Waals surface area contributed by atoms with E-state index in [1.165, 1.54) is 0 Å². The zero-order chi connectivity index (χ0) is 15.0. The van der Waals surface area contributed by atoms with Crippen LogP contribution < -0.4 is 4.74 Å². The fourth-order valence-corrected chi connectivity index (χ4v) is 1.42. The second-order valence-electron chi connectivity index (χ2n) is 4.00. The molecule has 0 radical (unpaired) electrons. The lowest BCUT2D eigenvalue weighted by molar-refractivity contribution is -0.145. The number of esters is 1. The first-order valence-electron chi connectivity index (χ1n) is 5.95. The molecule has 1 aromatic carbocycles. The number of rotatable bonds is 8. The van der Waals surface area contributed by atoms with Gasteiger partial charge in [0.1, 0.15) is 18.5 Å². The van der Waals surface area contributed by atoms with E-state index in [-0.39, 0.29) is 18.6 Å². The quantitative estimate of drug-likeness (QED) is 0.582. The maximum Gasteiger partial charge on any atom is 0.331 e. The third-order valence-corrected chi connectivity index (χ3v) is 2.41. The molecule has 1 atom stereocenters. The minimum atomic E-state index is -1.13. The molecule has 1 rings (SSSR count). The SMILES string of the molecule is C=CC(=O)OC(COc1ccccc1)CC(=C)C(=O)O. The number of carboxylic acid groups (broad SMARTS) is 1. The van der Waals surface area contributed by atoms with Crippen molar-refractivity contribution in [3.05, 3.63) is 55.1 Å². The second kappa shape index (κ2) is 7.78. The average molecular weight is 276 g/mol. The van der Waals surface area contributed by atoms with E-state index in [0.717, 1.165) is 6.08 Å².